The molecule has 0 radical (unpaired) electrons. The number of ether oxygens (including phenoxy) is 1. The van der Waals surface area contributed by atoms with E-state index in [1.807, 2.05) is 0 Å². The number of aryl methyl sites for hydroxylation is 1. The molecule has 2 fully saturated rings. The van der Waals surface area contributed by atoms with Crippen LogP contribution in [0.25, 0.3) is 0 Å². The van der Waals surface area contributed by atoms with Crippen molar-refractivity contribution in [3.63, 3.8) is 0 Å². The monoisotopic (exact) mass is 274 g/mol. The summed E-state index contributed by atoms with van der Waals surface area (Å²) in [6, 6.07) is 9.09. The summed E-state index contributed by atoms with van der Waals surface area (Å²) in [7, 11) is 0. The zero-order chi connectivity index (χ0) is 13.9. The predicted octanol–water partition coefficient (Wildman–Crippen LogP) is 2.30. The van der Waals surface area contributed by atoms with Crippen LogP contribution >= 0.6 is 0 Å². The van der Waals surface area contributed by atoms with Gasteiger partial charge in [-0.3, -0.25) is 4.90 Å². The van der Waals surface area contributed by atoms with Gasteiger partial charge in [0.2, 0.25) is 0 Å². The molecule has 0 aliphatic carbocycles. The van der Waals surface area contributed by atoms with Crippen molar-refractivity contribution < 1.29 is 4.74 Å². The van der Waals surface area contributed by atoms with Gasteiger partial charge in [0.1, 0.15) is 12.4 Å². The van der Waals surface area contributed by atoms with Crippen molar-refractivity contribution in [2.75, 3.05) is 32.8 Å². The number of hydrogen-bond acceptors (Lipinski definition) is 3. The van der Waals surface area contributed by atoms with Crippen LogP contribution in [0.4, 0.5) is 0 Å². The molecule has 20 heavy (non-hydrogen) atoms. The third kappa shape index (κ3) is 2.84. The van der Waals surface area contributed by atoms with Crippen molar-refractivity contribution >= 4 is 0 Å². The maximum absolute atomic E-state index is 5.88. The Morgan fingerprint density at radius 3 is 2.80 bits per heavy atom. The van der Waals surface area contributed by atoms with Crippen LogP contribution in [0.2, 0.25) is 0 Å². The van der Waals surface area contributed by atoms with E-state index >= 15 is 0 Å². The molecule has 2 aliphatic heterocycles. The minimum Gasteiger partial charge on any atom is -0.492 e. The fourth-order valence-corrected chi connectivity index (χ4v) is 3.84. The van der Waals surface area contributed by atoms with Gasteiger partial charge in [-0.1, -0.05) is 24.6 Å². The third-order valence-electron chi connectivity index (χ3n) is 4.91. The van der Waals surface area contributed by atoms with E-state index in [4.69, 9.17) is 4.74 Å². The molecule has 110 valence electrons. The van der Waals surface area contributed by atoms with E-state index in [1.165, 1.54) is 31.6 Å². The first kappa shape index (κ1) is 13.9. The topological polar surface area (TPSA) is 24.5 Å². The number of rotatable bonds is 5. The van der Waals surface area contributed by atoms with Crippen LogP contribution in [0.3, 0.4) is 0 Å². The van der Waals surface area contributed by atoms with Crippen molar-refractivity contribution in [3.8, 4) is 5.75 Å². The standard InChI is InChI=1S/C17H26N2O/c1-3-17-16-11-18-10-14(16)12-19(17)8-9-20-15-6-4-13(2)5-7-15/h4-7,14,16-18H,3,8-12H2,1-2H3. The van der Waals surface area contributed by atoms with Gasteiger partial charge in [-0.15, -0.1) is 0 Å². The molecule has 3 heteroatoms. The number of benzene rings is 1. The summed E-state index contributed by atoms with van der Waals surface area (Å²) in [6.07, 6.45) is 1.26. The summed E-state index contributed by atoms with van der Waals surface area (Å²) in [5.74, 6) is 2.71. The lowest BCUT2D eigenvalue weighted by atomic mass is 9.93. The normalized spacial score (nSPS) is 29.6. The van der Waals surface area contributed by atoms with Crippen LogP contribution in [-0.2, 0) is 0 Å². The highest BCUT2D eigenvalue weighted by Crippen LogP contribution is 2.33. The summed E-state index contributed by atoms with van der Waals surface area (Å²) in [5, 5.41) is 3.54. The Bertz CT molecular complexity index is 431. The molecule has 0 spiro atoms. The molecule has 2 saturated heterocycles. The Morgan fingerprint density at radius 2 is 2.05 bits per heavy atom. The molecule has 3 atom stereocenters. The molecule has 0 bridgehead atoms. The Labute approximate surface area is 122 Å². The van der Waals surface area contributed by atoms with Crippen LogP contribution in [0, 0.1) is 18.8 Å². The van der Waals surface area contributed by atoms with Crippen molar-refractivity contribution in [2.24, 2.45) is 11.8 Å². The Morgan fingerprint density at radius 1 is 1.25 bits per heavy atom. The maximum atomic E-state index is 5.88. The van der Waals surface area contributed by atoms with E-state index in [1.54, 1.807) is 0 Å². The van der Waals surface area contributed by atoms with E-state index in [0.29, 0.717) is 0 Å². The number of nitrogens with zero attached hydrogens (tertiary/aromatic N) is 1. The van der Waals surface area contributed by atoms with Gasteiger partial charge in [0.05, 0.1) is 0 Å². The van der Waals surface area contributed by atoms with Gasteiger partial charge < -0.3 is 10.1 Å². The fraction of sp³-hybridized carbons (Fsp3) is 0.647. The summed E-state index contributed by atoms with van der Waals surface area (Å²) in [6.45, 7) is 9.93. The van der Waals surface area contributed by atoms with Gasteiger partial charge in [-0.05, 0) is 50.4 Å². The molecule has 0 aromatic heterocycles. The van der Waals surface area contributed by atoms with Crippen LogP contribution < -0.4 is 10.1 Å². The summed E-state index contributed by atoms with van der Waals surface area (Å²) in [4.78, 5) is 2.64. The van der Waals surface area contributed by atoms with Crippen LogP contribution in [0.5, 0.6) is 5.75 Å². The fourth-order valence-electron chi connectivity index (χ4n) is 3.84. The highest BCUT2D eigenvalue weighted by Gasteiger charge is 2.42. The number of nitrogens with one attached hydrogen (secondary N) is 1. The van der Waals surface area contributed by atoms with Gasteiger partial charge in [0.15, 0.2) is 0 Å². The molecule has 0 saturated carbocycles. The Balaban J connectivity index is 1.49. The second kappa shape index (κ2) is 6.15. The van der Waals surface area contributed by atoms with Gasteiger partial charge in [0, 0.05) is 19.1 Å². The predicted molar refractivity (Wildman–Crippen MR) is 82.2 cm³/mol. The number of hydrogen-bond donors (Lipinski definition) is 1. The molecular formula is C17H26N2O. The van der Waals surface area contributed by atoms with E-state index in [-0.39, 0.29) is 0 Å². The number of fused-ring (bicyclic) bond motifs is 1. The van der Waals surface area contributed by atoms with E-state index in [2.05, 4.69) is 48.3 Å². The highest BCUT2D eigenvalue weighted by molar-refractivity contribution is 5.26. The molecule has 2 aliphatic rings. The third-order valence-corrected chi connectivity index (χ3v) is 4.91. The minimum atomic E-state index is 0.747. The lowest BCUT2D eigenvalue weighted by molar-refractivity contribution is 0.176. The molecule has 1 aromatic rings. The van der Waals surface area contributed by atoms with Crippen molar-refractivity contribution in [1.82, 2.24) is 10.2 Å². The zero-order valence-electron chi connectivity index (χ0n) is 12.6. The minimum absolute atomic E-state index is 0.747. The average molecular weight is 274 g/mol. The first-order valence-electron chi connectivity index (χ1n) is 7.92. The SMILES string of the molecule is CCC1C2CNCC2CN1CCOc1ccc(C)cc1. The lowest BCUT2D eigenvalue weighted by Gasteiger charge is -2.26. The van der Waals surface area contributed by atoms with E-state index < -0.39 is 0 Å². The average Bonchev–Trinajstić information content (AvgIpc) is 3.01. The van der Waals surface area contributed by atoms with Gasteiger partial charge >= 0.3 is 0 Å². The summed E-state index contributed by atoms with van der Waals surface area (Å²) >= 11 is 0. The first-order chi connectivity index (χ1) is 9.78. The number of likely N-dealkylation sites (tertiary alicyclic amines) is 1. The molecule has 3 unspecified atom stereocenters. The van der Waals surface area contributed by atoms with Gasteiger partial charge in [-0.2, -0.15) is 0 Å². The van der Waals surface area contributed by atoms with Crippen molar-refractivity contribution in [2.45, 2.75) is 26.3 Å². The molecule has 1 aromatic carbocycles. The van der Waals surface area contributed by atoms with Crippen molar-refractivity contribution in [1.29, 1.82) is 0 Å². The van der Waals surface area contributed by atoms with E-state index in [0.717, 1.165) is 36.8 Å². The van der Waals surface area contributed by atoms with Crippen molar-refractivity contribution in [3.05, 3.63) is 29.8 Å². The van der Waals surface area contributed by atoms with E-state index in [9.17, 15) is 0 Å². The molecule has 0 amide bonds. The first-order valence-corrected chi connectivity index (χ1v) is 7.92. The molecular weight excluding hydrogens is 248 g/mol. The summed E-state index contributed by atoms with van der Waals surface area (Å²) in [5.41, 5.74) is 1.28. The lowest BCUT2D eigenvalue weighted by Crippen LogP contribution is -2.37. The molecule has 2 heterocycles. The molecule has 3 nitrogen and oxygen atoms in total. The largest absolute Gasteiger partial charge is 0.492 e. The van der Waals surface area contributed by atoms with Crippen LogP contribution in [0.1, 0.15) is 18.9 Å². The maximum Gasteiger partial charge on any atom is 0.119 e. The molecule has 3 rings (SSSR count). The van der Waals surface area contributed by atoms with Gasteiger partial charge in [0.25, 0.3) is 0 Å². The van der Waals surface area contributed by atoms with Gasteiger partial charge in [-0.25, -0.2) is 0 Å². The molecule has 1 N–H and O–H groups in total. The summed E-state index contributed by atoms with van der Waals surface area (Å²) < 4.78 is 5.88. The second-order valence-corrected chi connectivity index (χ2v) is 6.21. The highest BCUT2D eigenvalue weighted by atomic mass is 16.5. The Kier molecular flexibility index (Phi) is 4.27. The Hall–Kier alpha value is -1.06. The quantitative estimate of drug-likeness (QED) is 0.891. The zero-order valence-corrected chi connectivity index (χ0v) is 12.6. The smallest absolute Gasteiger partial charge is 0.119 e. The van der Waals surface area contributed by atoms with Crippen LogP contribution in [0.15, 0.2) is 24.3 Å². The second-order valence-electron chi connectivity index (χ2n) is 6.21. The van der Waals surface area contributed by atoms with Crippen LogP contribution in [-0.4, -0.2) is 43.7 Å².